The van der Waals surface area contributed by atoms with Crippen molar-refractivity contribution >= 4 is 35.0 Å². The molecule has 0 bridgehead atoms. The molecular formula is C37H40N6O4. The zero-order chi connectivity index (χ0) is 32.3. The molecule has 3 aromatic rings. The minimum absolute atomic E-state index is 0.120. The molecule has 3 heterocycles. The lowest BCUT2D eigenvalue weighted by Crippen LogP contribution is -2.43. The fraction of sp³-hybridized carbons (Fsp3) is 0.378. The van der Waals surface area contributed by atoms with Crippen LogP contribution in [0.4, 0.5) is 11.4 Å². The summed E-state index contributed by atoms with van der Waals surface area (Å²) in [7, 11) is 0. The average Bonchev–Trinajstić information content (AvgIpc) is 3.78. The van der Waals surface area contributed by atoms with Crippen molar-refractivity contribution in [3.63, 3.8) is 0 Å². The molecule has 0 spiro atoms. The van der Waals surface area contributed by atoms with Crippen LogP contribution in [-0.2, 0) is 19.2 Å². The van der Waals surface area contributed by atoms with E-state index < -0.39 is 0 Å². The number of H-pyrrole nitrogens is 1. The lowest BCUT2D eigenvalue weighted by Gasteiger charge is -2.32. The van der Waals surface area contributed by atoms with Gasteiger partial charge in [0.2, 0.25) is 23.6 Å². The number of carbonyl (C=O) groups excluding carboxylic acids is 4. The minimum Gasteiger partial charge on any atom is -0.332 e. The van der Waals surface area contributed by atoms with Crippen molar-refractivity contribution in [3.8, 4) is 22.5 Å². The third-order valence-electron chi connectivity index (χ3n) is 9.91. The third kappa shape index (κ3) is 6.77. The number of nitrogens with one attached hydrogen (secondary N) is 3. The maximum absolute atomic E-state index is 12.8. The summed E-state index contributed by atoms with van der Waals surface area (Å²) >= 11 is 0. The molecule has 4 aliphatic rings. The van der Waals surface area contributed by atoms with Crippen molar-refractivity contribution in [3.05, 3.63) is 78.9 Å². The van der Waals surface area contributed by atoms with E-state index in [4.69, 9.17) is 0 Å². The number of anilines is 2. The molecular weight excluding hydrogens is 592 g/mol. The summed E-state index contributed by atoms with van der Waals surface area (Å²) in [5.74, 6) is 0.327. The van der Waals surface area contributed by atoms with Crippen molar-refractivity contribution in [2.75, 3.05) is 23.7 Å². The maximum Gasteiger partial charge on any atom is 0.226 e. The standard InChI is InChI=1S/C37H40N6O4/c44-34(21-30-9-3-19-42(30)36(46)26-5-1-6-26)38-28-15-11-24(12-16-28)32-23-33(41-40-32)25-13-17-29(18-14-25)39-35(45)22-31-10-4-20-43(31)37(47)27-7-2-8-27/h3-4,9-18,23,26-27,30-31H,1-2,5-8,19-22H2,(H,38,44)(H,39,45)(H,40,41)/t30-,31-/m1/s1. The number of benzene rings is 2. The largest absolute Gasteiger partial charge is 0.332 e. The summed E-state index contributed by atoms with van der Waals surface area (Å²) in [6.45, 7) is 1.16. The van der Waals surface area contributed by atoms with Crippen molar-refractivity contribution < 1.29 is 19.2 Å². The Morgan fingerprint density at radius 3 is 1.60 bits per heavy atom. The summed E-state index contributed by atoms with van der Waals surface area (Å²) in [4.78, 5) is 54.7. The zero-order valence-corrected chi connectivity index (χ0v) is 26.4. The van der Waals surface area contributed by atoms with Gasteiger partial charge < -0.3 is 20.4 Å². The van der Waals surface area contributed by atoms with E-state index >= 15 is 0 Å². The van der Waals surface area contributed by atoms with Crippen LogP contribution in [0, 0.1) is 11.8 Å². The Balaban J connectivity index is 0.903. The Kier molecular flexibility index (Phi) is 8.74. The molecule has 2 aliphatic heterocycles. The Hall–Kier alpha value is -4.99. The smallest absolute Gasteiger partial charge is 0.226 e. The van der Waals surface area contributed by atoms with E-state index in [1.165, 1.54) is 0 Å². The highest BCUT2D eigenvalue weighted by Crippen LogP contribution is 2.32. The number of rotatable bonds is 10. The zero-order valence-electron chi connectivity index (χ0n) is 26.4. The second-order valence-corrected chi connectivity index (χ2v) is 13.1. The second-order valence-electron chi connectivity index (χ2n) is 13.1. The van der Waals surface area contributed by atoms with Crippen LogP contribution in [0.1, 0.15) is 51.4 Å². The van der Waals surface area contributed by atoms with E-state index in [1.807, 2.05) is 88.7 Å². The molecule has 2 aliphatic carbocycles. The molecule has 10 heteroatoms. The minimum atomic E-state index is -0.191. The van der Waals surface area contributed by atoms with E-state index in [2.05, 4.69) is 20.8 Å². The first-order valence-electron chi connectivity index (χ1n) is 16.7. The third-order valence-corrected chi connectivity index (χ3v) is 9.91. The summed E-state index contributed by atoms with van der Waals surface area (Å²) in [5.41, 5.74) is 4.80. The number of aromatic amines is 1. The lowest BCUT2D eigenvalue weighted by atomic mass is 9.84. The molecule has 0 unspecified atom stereocenters. The fourth-order valence-electron chi connectivity index (χ4n) is 6.66. The van der Waals surface area contributed by atoms with E-state index in [0.717, 1.165) is 61.0 Å². The number of nitrogens with zero attached hydrogens (tertiary/aromatic N) is 3. The quantitative estimate of drug-likeness (QED) is 0.253. The lowest BCUT2D eigenvalue weighted by molar-refractivity contribution is -0.140. The van der Waals surface area contributed by atoms with Gasteiger partial charge in [-0.15, -0.1) is 0 Å². The van der Waals surface area contributed by atoms with Gasteiger partial charge in [0.25, 0.3) is 0 Å². The highest BCUT2D eigenvalue weighted by molar-refractivity contribution is 5.93. The Morgan fingerprint density at radius 1 is 0.681 bits per heavy atom. The molecule has 2 aromatic carbocycles. The summed E-state index contributed by atoms with van der Waals surface area (Å²) in [5, 5.41) is 13.5. The predicted octanol–water partition coefficient (Wildman–Crippen LogP) is 5.54. The molecule has 7 rings (SSSR count). The van der Waals surface area contributed by atoms with Crippen LogP contribution in [-0.4, -0.2) is 68.8 Å². The van der Waals surface area contributed by atoms with Gasteiger partial charge in [0.15, 0.2) is 0 Å². The molecule has 47 heavy (non-hydrogen) atoms. The topological polar surface area (TPSA) is 127 Å². The van der Waals surface area contributed by atoms with Gasteiger partial charge in [-0.1, -0.05) is 61.4 Å². The molecule has 0 saturated heterocycles. The van der Waals surface area contributed by atoms with Crippen LogP contribution >= 0.6 is 0 Å². The monoisotopic (exact) mass is 632 g/mol. The predicted molar refractivity (Wildman–Crippen MR) is 180 cm³/mol. The van der Waals surface area contributed by atoms with Crippen LogP contribution in [0.15, 0.2) is 78.9 Å². The van der Waals surface area contributed by atoms with Crippen LogP contribution < -0.4 is 10.6 Å². The highest BCUT2D eigenvalue weighted by Gasteiger charge is 2.35. The van der Waals surface area contributed by atoms with Crippen LogP contribution in [0.2, 0.25) is 0 Å². The van der Waals surface area contributed by atoms with Crippen LogP contribution in [0.25, 0.3) is 22.5 Å². The summed E-state index contributed by atoms with van der Waals surface area (Å²) in [6, 6.07) is 16.7. The first-order valence-corrected chi connectivity index (χ1v) is 16.7. The molecule has 4 amide bonds. The van der Waals surface area contributed by atoms with Crippen molar-refractivity contribution in [1.82, 2.24) is 20.0 Å². The Bertz CT molecular complexity index is 1580. The SMILES string of the molecule is O=C(C[C@H]1C=CCN1C(=O)C1CCC1)Nc1ccc(-c2cc(-c3ccc(NC(=O)C[C@H]4C=CCN4C(=O)C4CCC4)cc3)[nH]n2)cc1. The summed E-state index contributed by atoms with van der Waals surface area (Å²) in [6.07, 6.45) is 14.4. The average molecular weight is 633 g/mol. The Labute approximate surface area is 274 Å². The van der Waals surface area contributed by atoms with Crippen LogP contribution in [0.5, 0.6) is 0 Å². The number of aromatic nitrogens is 2. The molecule has 10 nitrogen and oxygen atoms in total. The molecule has 2 fully saturated rings. The van der Waals surface area contributed by atoms with Gasteiger partial charge in [-0.25, -0.2) is 0 Å². The maximum atomic E-state index is 12.8. The van der Waals surface area contributed by atoms with Gasteiger partial charge in [0, 0.05) is 41.9 Å². The number of carbonyl (C=O) groups is 4. The molecule has 3 N–H and O–H groups in total. The van der Waals surface area contributed by atoms with Crippen molar-refractivity contribution in [2.24, 2.45) is 11.8 Å². The highest BCUT2D eigenvalue weighted by atomic mass is 16.2. The molecule has 1 aromatic heterocycles. The van der Waals surface area contributed by atoms with E-state index in [9.17, 15) is 19.2 Å². The number of amides is 4. The Morgan fingerprint density at radius 2 is 1.15 bits per heavy atom. The van der Waals surface area contributed by atoms with E-state index in [1.54, 1.807) is 0 Å². The van der Waals surface area contributed by atoms with Gasteiger partial charge in [-0.3, -0.25) is 24.3 Å². The molecule has 242 valence electrons. The van der Waals surface area contributed by atoms with E-state index in [0.29, 0.717) is 24.5 Å². The van der Waals surface area contributed by atoms with Crippen molar-refractivity contribution in [1.29, 1.82) is 0 Å². The number of hydrogen-bond donors (Lipinski definition) is 3. The molecule has 0 radical (unpaired) electrons. The van der Waals surface area contributed by atoms with Gasteiger partial charge in [0.1, 0.15) is 0 Å². The molecule has 2 atom stereocenters. The normalized spacial score (nSPS) is 20.6. The van der Waals surface area contributed by atoms with Gasteiger partial charge in [-0.2, -0.15) is 5.10 Å². The fourth-order valence-corrected chi connectivity index (χ4v) is 6.66. The van der Waals surface area contributed by atoms with Crippen molar-refractivity contribution in [2.45, 2.75) is 63.5 Å². The van der Waals surface area contributed by atoms with E-state index in [-0.39, 0.29) is 60.4 Å². The molecule has 2 saturated carbocycles. The first kappa shape index (κ1) is 30.7. The first-order chi connectivity index (χ1) is 22.9. The second kappa shape index (κ2) is 13.4. The van der Waals surface area contributed by atoms with Gasteiger partial charge >= 0.3 is 0 Å². The number of hydrogen-bond acceptors (Lipinski definition) is 5. The van der Waals surface area contributed by atoms with Gasteiger partial charge in [0.05, 0.1) is 36.3 Å². The van der Waals surface area contributed by atoms with Crippen LogP contribution in [0.3, 0.4) is 0 Å². The van der Waals surface area contributed by atoms with Gasteiger partial charge in [-0.05, 0) is 61.6 Å². The summed E-state index contributed by atoms with van der Waals surface area (Å²) < 4.78 is 0.